The van der Waals surface area contributed by atoms with E-state index in [1.54, 1.807) is 25.3 Å². The maximum Gasteiger partial charge on any atom is 0.341 e. The summed E-state index contributed by atoms with van der Waals surface area (Å²) in [6.07, 6.45) is 0. The normalized spacial score (nSPS) is 10.7. The van der Waals surface area contributed by atoms with E-state index in [1.165, 1.54) is 20.3 Å². The minimum atomic E-state index is -0.445. The monoisotopic (exact) mass is 384 g/mol. The Morgan fingerprint density at radius 2 is 1.82 bits per heavy atom. The van der Waals surface area contributed by atoms with Gasteiger partial charge in [-0.25, -0.2) is 9.59 Å². The van der Waals surface area contributed by atoms with E-state index in [4.69, 9.17) is 18.6 Å². The van der Waals surface area contributed by atoms with Gasteiger partial charge in [0.15, 0.2) is 0 Å². The van der Waals surface area contributed by atoms with Crippen molar-refractivity contribution in [2.45, 2.75) is 13.1 Å². The third kappa shape index (κ3) is 4.15. The quantitative estimate of drug-likeness (QED) is 0.494. The third-order valence-corrected chi connectivity index (χ3v) is 4.45. The number of carbonyl (C=O) groups is 1. The molecule has 28 heavy (non-hydrogen) atoms. The van der Waals surface area contributed by atoms with Crippen molar-refractivity contribution in [3.05, 3.63) is 69.6 Å². The molecule has 0 atom stereocenters. The highest BCUT2D eigenvalue weighted by Crippen LogP contribution is 2.22. The third-order valence-electron chi connectivity index (χ3n) is 4.45. The average Bonchev–Trinajstić information content (AvgIpc) is 2.72. The second-order valence-corrected chi connectivity index (χ2v) is 6.18. The summed E-state index contributed by atoms with van der Waals surface area (Å²) >= 11 is 0. The number of methoxy groups -OCH3 is 3. The summed E-state index contributed by atoms with van der Waals surface area (Å²) in [4.78, 5) is 23.8. The summed E-state index contributed by atoms with van der Waals surface area (Å²) in [6, 6.07) is 12.3. The van der Waals surface area contributed by atoms with E-state index in [9.17, 15) is 9.59 Å². The molecule has 0 aliphatic rings. The first kappa shape index (κ1) is 19.4. The SMILES string of the molecule is COC(=O)c1cc(C[NH2+]Cc2cc(=O)oc3cc(OC)ccc23)ccc1OC. The summed E-state index contributed by atoms with van der Waals surface area (Å²) in [6.45, 7) is 1.19. The zero-order chi connectivity index (χ0) is 20.1. The van der Waals surface area contributed by atoms with Gasteiger partial charge < -0.3 is 23.9 Å². The van der Waals surface area contributed by atoms with Gasteiger partial charge >= 0.3 is 11.6 Å². The van der Waals surface area contributed by atoms with Crippen molar-refractivity contribution in [2.24, 2.45) is 0 Å². The molecule has 0 saturated carbocycles. The van der Waals surface area contributed by atoms with Crippen molar-refractivity contribution in [1.82, 2.24) is 0 Å². The fourth-order valence-electron chi connectivity index (χ4n) is 3.05. The molecule has 0 radical (unpaired) electrons. The molecule has 3 aromatic rings. The lowest BCUT2D eigenvalue weighted by molar-refractivity contribution is -0.686. The van der Waals surface area contributed by atoms with Gasteiger partial charge in [-0.3, -0.25) is 0 Å². The van der Waals surface area contributed by atoms with Crippen LogP contribution < -0.4 is 20.4 Å². The Bertz CT molecular complexity index is 1060. The average molecular weight is 384 g/mol. The predicted octanol–water partition coefficient (Wildman–Crippen LogP) is 1.86. The topological polar surface area (TPSA) is 91.6 Å². The Balaban J connectivity index is 1.78. The molecule has 2 aromatic carbocycles. The largest absolute Gasteiger partial charge is 0.497 e. The van der Waals surface area contributed by atoms with E-state index in [0.29, 0.717) is 35.7 Å². The van der Waals surface area contributed by atoms with Gasteiger partial charge in [0.05, 0.1) is 21.3 Å². The summed E-state index contributed by atoms with van der Waals surface area (Å²) in [5, 5.41) is 2.91. The van der Waals surface area contributed by atoms with Crippen LogP contribution in [0.2, 0.25) is 0 Å². The van der Waals surface area contributed by atoms with Crippen LogP contribution in [-0.4, -0.2) is 27.3 Å². The van der Waals surface area contributed by atoms with E-state index in [-0.39, 0.29) is 0 Å². The molecule has 0 saturated heterocycles. The number of esters is 1. The minimum absolute atomic E-state index is 0.383. The molecule has 146 valence electrons. The maximum atomic E-state index is 11.9. The number of hydrogen-bond acceptors (Lipinski definition) is 6. The van der Waals surface area contributed by atoms with Gasteiger partial charge in [-0.05, 0) is 30.3 Å². The Morgan fingerprint density at radius 1 is 1.00 bits per heavy atom. The number of ether oxygens (including phenoxy) is 3. The highest BCUT2D eigenvalue weighted by Gasteiger charge is 2.14. The smallest absolute Gasteiger partial charge is 0.341 e. The number of hydrogen-bond donors (Lipinski definition) is 1. The number of nitrogens with two attached hydrogens (primary N) is 1. The molecule has 0 fully saturated rings. The van der Waals surface area contributed by atoms with Gasteiger partial charge in [0.2, 0.25) is 0 Å². The standard InChI is InChI=1S/C21H21NO6/c1-25-15-5-6-16-14(9-20(23)28-19(16)10-15)12-22-11-13-4-7-18(26-2)17(8-13)21(24)27-3/h4-10,22H,11-12H2,1-3H3/p+1. The zero-order valence-electron chi connectivity index (χ0n) is 16.0. The van der Waals surface area contributed by atoms with Gasteiger partial charge in [-0.15, -0.1) is 0 Å². The van der Waals surface area contributed by atoms with E-state index >= 15 is 0 Å². The second kappa shape index (κ2) is 8.58. The number of rotatable bonds is 7. The Kier molecular flexibility index (Phi) is 5.96. The molecule has 0 amide bonds. The fraction of sp³-hybridized carbons (Fsp3) is 0.238. The summed E-state index contributed by atoms with van der Waals surface area (Å²) in [5.74, 6) is 0.654. The minimum Gasteiger partial charge on any atom is -0.497 e. The molecular formula is C21H22NO6+. The van der Waals surface area contributed by atoms with E-state index < -0.39 is 11.6 Å². The number of fused-ring (bicyclic) bond motifs is 1. The first-order valence-corrected chi connectivity index (χ1v) is 8.73. The first-order chi connectivity index (χ1) is 13.5. The van der Waals surface area contributed by atoms with Crippen LogP contribution in [0.25, 0.3) is 11.0 Å². The summed E-state index contributed by atoms with van der Waals surface area (Å²) in [7, 11) is 4.41. The maximum absolute atomic E-state index is 11.9. The molecule has 3 rings (SSSR count). The van der Waals surface area contributed by atoms with Crippen LogP contribution in [0.4, 0.5) is 0 Å². The molecule has 0 spiro atoms. The highest BCUT2D eigenvalue weighted by atomic mass is 16.5. The van der Waals surface area contributed by atoms with Gasteiger partial charge in [-0.1, -0.05) is 0 Å². The summed E-state index contributed by atoms with van der Waals surface area (Å²) < 4.78 is 20.5. The van der Waals surface area contributed by atoms with Crippen LogP contribution in [0.5, 0.6) is 11.5 Å². The molecule has 1 aromatic heterocycles. The number of quaternary nitrogens is 1. The molecule has 7 nitrogen and oxygen atoms in total. The second-order valence-electron chi connectivity index (χ2n) is 6.18. The van der Waals surface area contributed by atoms with E-state index in [2.05, 4.69) is 0 Å². The van der Waals surface area contributed by atoms with Gasteiger partial charge in [-0.2, -0.15) is 0 Å². The first-order valence-electron chi connectivity index (χ1n) is 8.73. The van der Waals surface area contributed by atoms with E-state index in [0.717, 1.165) is 16.5 Å². The molecule has 0 unspecified atom stereocenters. The van der Waals surface area contributed by atoms with Crippen LogP contribution in [0.3, 0.4) is 0 Å². The zero-order valence-corrected chi connectivity index (χ0v) is 16.0. The Hall–Kier alpha value is -3.32. The Labute approximate surface area is 161 Å². The molecule has 0 aliphatic heterocycles. The van der Waals surface area contributed by atoms with Crippen molar-refractivity contribution in [3.8, 4) is 11.5 Å². The molecular weight excluding hydrogens is 362 g/mol. The van der Waals surface area contributed by atoms with Crippen molar-refractivity contribution < 1.29 is 28.7 Å². The lowest BCUT2D eigenvalue weighted by atomic mass is 10.1. The molecule has 1 heterocycles. The molecule has 0 aliphatic carbocycles. The number of benzene rings is 2. The molecule has 0 bridgehead atoms. The highest BCUT2D eigenvalue weighted by molar-refractivity contribution is 5.92. The van der Waals surface area contributed by atoms with Crippen molar-refractivity contribution >= 4 is 16.9 Å². The van der Waals surface area contributed by atoms with Gasteiger partial charge in [0, 0.05) is 28.6 Å². The van der Waals surface area contributed by atoms with Crippen molar-refractivity contribution in [1.29, 1.82) is 0 Å². The van der Waals surface area contributed by atoms with Crippen LogP contribution in [0.1, 0.15) is 21.5 Å². The Morgan fingerprint density at radius 3 is 2.54 bits per heavy atom. The van der Waals surface area contributed by atoms with Crippen molar-refractivity contribution in [3.63, 3.8) is 0 Å². The number of carbonyl (C=O) groups excluding carboxylic acids is 1. The lowest BCUT2D eigenvalue weighted by Crippen LogP contribution is -2.80. The van der Waals surface area contributed by atoms with Crippen LogP contribution in [0.15, 0.2) is 51.7 Å². The van der Waals surface area contributed by atoms with Gasteiger partial charge in [0.1, 0.15) is 35.7 Å². The lowest BCUT2D eigenvalue weighted by Gasteiger charge is -2.09. The van der Waals surface area contributed by atoms with Gasteiger partial charge in [0.25, 0.3) is 0 Å². The van der Waals surface area contributed by atoms with Crippen molar-refractivity contribution in [2.75, 3.05) is 21.3 Å². The van der Waals surface area contributed by atoms with Crippen LogP contribution in [-0.2, 0) is 17.8 Å². The predicted molar refractivity (Wildman–Crippen MR) is 103 cm³/mol. The van der Waals surface area contributed by atoms with Crippen LogP contribution >= 0.6 is 0 Å². The fourth-order valence-corrected chi connectivity index (χ4v) is 3.05. The molecule has 2 N–H and O–H groups in total. The van der Waals surface area contributed by atoms with Crippen LogP contribution in [0, 0.1) is 0 Å². The summed E-state index contributed by atoms with van der Waals surface area (Å²) in [5.41, 5.74) is 2.29. The molecule has 7 heteroatoms. The van der Waals surface area contributed by atoms with E-state index in [1.807, 2.05) is 23.5 Å².